The van der Waals surface area contributed by atoms with E-state index in [1.807, 2.05) is 39.9 Å². The van der Waals surface area contributed by atoms with E-state index in [1.54, 1.807) is 19.9 Å². The zero-order valence-electron chi connectivity index (χ0n) is 32.3. The fraction of sp³-hybridized carbons (Fsp3) is 0.667. The predicted molar refractivity (Wildman–Crippen MR) is 203 cm³/mol. The number of carbonyl (C=O) groups excluding carboxylic acids is 1. The van der Waals surface area contributed by atoms with Crippen molar-refractivity contribution in [2.75, 3.05) is 25.1 Å². The zero-order chi connectivity index (χ0) is 41.0. The van der Waals surface area contributed by atoms with Gasteiger partial charge in [-0.25, -0.2) is 19.5 Å². The third-order valence-corrected chi connectivity index (χ3v) is 17.4. The van der Waals surface area contributed by atoms with Crippen LogP contribution >= 0.6 is 15.9 Å². The number of rotatable bonds is 17. The molecule has 0 spiro atoms. The standard InChI is InChI=1S/C33H50N8O12P2Si/c1-19(2)29(43)39-32-38-28-25(30(44)40-32)37-18-41(28)31-27(26(22(15-42)51-31)53-56(6,7)33(3,4)5)52-55(47,48-12-8-10-34)49-16-20-13-21(14-23(20)54(45)46)50-24-9-11-35-17-36-24/h9,11,17-23,26-27,31,42,54H,8,12-16H2,1-7H3,(H,45,46)(H2,38,39,40,43,44)/t20-,21-,22-,23+,26?,27-,31-,55?/m1/s1. The van der Waals surface area contributed by atoms with E-state index in [9.17, 15) is 34.0 Å². The summed E-state index contributed by atoms with van der Waals surface area (Å²) in [5.41, 5.74) is -1.57. The number of aliphatic hydroxyl groups excluding tert-OH is 1. The highest BCUT2D eigenvalue weighted by molar-refractivity contribution is 7.48. The predicted octanol–water partition coefficient (Wildman–Crippen LogP) is 3.92. The molecule has 3 aromatic heterocycles. The number of amides is 1. The van der Waals surface area contributed by atoms with Crippen molar-refractivity contribution in [2.24, 2.45) is 11.8 Å². The van der Waals surface area contributed by atoms with Crippen LogP contribution in [-0.2, 0) is 36.7 Å². The lowest BCUT2D eigenvalue weighted by Gasteiger charge is -2.40. The minimum atomic E-state index is -4.71. The molecule has 1 aliphatic heterocycles. The van der Waals surface area contributed by atoms with Gasteiger partial charge in [0, 0.05) is 23.8 Å². The molecule has 1 aliphatic carbocycles. The first-order valence-electron chi connectivity index (χ1n) is 18.2. The van der Waals surface area contributed by atoms with E-state index in [0.717, 1.165) is 0 Å². The minimum absolute atomic E-state index is 0.0335. The van der Waals surface area contributed by atoms with Crippen molar-refractivity contribution in [3.05, 3.63) is 35.3 Å². The van der Waals surface area contributed by atoms with Crippen molar-refractivity contribution in [3.63, 3.8) is 0 Å². The number of fused-ring (bicyclic) bond motifs is 1. The first-order chi connectivity index (χ1) is 26.4. The molecule has 0 aromatic carbocycles. The van der Waals surface area contributed by atoms with Gasteiger partial charge < -0.3 is 23.9 Å². The smallest absolute Gasteiger partial charge is 0.474 e. The molecule has 0 radical (unpaired) electrons. The summed E-state index contributed by atoms with van der Waals surface area (Å²) in [7, 11) is -10.5. The molecule has 23 heteroatoms. The van der Waals surface area contributed by atoms with Crippen LogP contribution < -0.4 is 15.6 Å². The number of phosphoric ester groups is 1. The summed E-state index contributed by atoms with van der Waals surface area (Å²) in [4.78, 5) is 55.0. The average Bonchev–Trinajstić information content (AvgIpc) is 3.83. The summed E-state index contributed by atoms with van der Waals surface area (Å²) in [5, 5.41) is 22.1. The number of hydrogen-bond donors (Lipinski definition) is 4. The first-order valence-corrected chi connectivity index (χ1v) is 24.0. The van der Waals surface area contributed by atoms with Crippen LogP contribution in [0.2, 0.25) is 18.1 Å². The van der Waals surface area contributed by atoms with Gasteiger partial charge in [0.25, 0.3) is 5.56 Å². The van der Waals surface area contributed by atoms with Crippen LogP contribution in [-0.4, -0.2) is 104 Å². The molecule has 0 bridgehead atoms. The van der Waals surface area contributed by atoms with Crippen molar-refractivity contribution < 1.29 is 51.4 Å². The molecule has 2 aliphatic rings. The molecule has 9 atom stereocenters. The van der Waals surface area contributed by atoms with Crippen LogP contribution in [0, 0.1) is 23.2 Å². The van der Waals surface area contributed by atoms with Gasteiger partial charge in [-0.3, -0.25) is 42.6 Å². The molecule has 3 aromatic rings. The number of ether oxygens (including phenoxy) is 2. The van der Waals surface area contributed by atoms with E-state index >= 15 is 0 Å². The Hall–Kier alpha value is -3.41. The first kappa shape index (κ1) is 43.7. The summed E-state index contributed by atoms with van der Waals surface area (Å²) in [5.74, 6) is -1.33. The van der Waals surface area contributed by atoms with E-state index in [2.05, 4.69) is 30.2 Å². The lowest BCUT2D eigenvalue weighted by atomic mass is 10.1. The number of aromatic amines is 1. The van der Waals surface area contributed by atoms with E-state index in [-0.39, 0.29) is 60.5 Å². The van der Waals surface area contributed by atoms with Crippen molar-refractivity contribution in [3.8, 4) is 11.9 Å². The Morgan fingerprint density at radius 3 is 2.62 bits per heavy atom. The molecule has 1 saturated heterocycles. The lowest BCUT2D eigenvalue weighted by Crippen LogP contribution is -2.50. The number of nitrogens with one attached hydrogen (secondary N) is 2. The lowest BCUT2D eigenvalue weighted by molar-refractivity contribution is -0.118. The molecule has 20 nitrogen and oxygen atoms in total. The molecule has 5 rings (SSSR count). The highest BCUT2D eigenvalue weighted by atomic mass is 31.2. The largest absolute Gasteiger partial charge is 0.475 e. The molecule has 4 N–H and O–H groups in total. The maximum atomic E-state index is 14.8. The Kier molecular flexibility index (Phi) is 14.1. The highest BCUT2D eigenvalue weighted by Crippen LogP contribution is 2.56. The van der Waals surface area contributed by atoms with Gasteiger partial charge in [-0.1, -0.05) is 34.6 Å². The number of carbonyl (C=O) groups is 1. The molecule has 1 amide bonds. The number of aliphatic hydroxyl groups is 1. The van der Waals surface area contributed by atoms with Crippen LogP contribution in [0.5, 0.6) is 5.88 Å². The maximum Gasteiger partial charge on any atom is 0.475 e. The van der Waals surface area contributed by atoms with Gasteiger partial charge in [0.2, 0.25) is 17.7 Å². The summed E-state index contributed by atoms with van der Waals surface area (Å²) >= 11 is 0. The minimum Gasteiger partial charge on any atom is -0.474 e. The van der Waals surface area contributed by atoms with E-state index in [0.29, 0.717) is 0 Å². The van der Waals surface area contributed by atoms with Gasteiger partial charge >= 0.3 is 7.82 Å². The fourth-order valence-corrected chi connectivity index (χ4v) is 9.92. The van der Waals surface area contributed by atoms with Gasteiger partial charge in [-0.2, -0.15) is 10.2 Å². The Labute approximate surface area is 325 Å². The fourth-order valence-electron chi connectivity index (χ4n) is 6.10. The molecule has 1 saturated carbocycles. The molecule has 3 unspecified atom stereocenters. The van der Waals surface area contributed by atoms with Gasteiger partial charge in [0.15, 0.2) is 33.7 Å². The number of nitriles is 1. The van der Waals surface area contributed by atoms with Crippen molar-refractivity contribution >= 4 is 47.2 Å². The Morgan fingerprint density at radius 2 is 2.00 bits per heavy atom. The summed E-state index contributed by atoms with van der Waals surface area (Å²) < 4.78 is 65.7. The summed E-state index contributed by atoms with van der Waals surface area (Å²) in [6.07, 6.45) is -1.02. The second-order valence-electron chi connectivity index (χ2n) is 15.5. The number of anilines is 1. The third kappa shape index (κ3) is 10.2. The van der Waals surface area contributed by atoms with E-state index in [4.69, 9.17) is 27.5 Å². The SMILES string of the molecule is CC(C)C(=O)Nc1nc2c(ncn2[C@@H]2O[C@H](CO)C(O[Si](C)(C)C(C)(C)C)[C@H]2OP(=O)(OCCC#N)OC[C@H]2C[C@@H](Oc3ccncn3)C[C@@H]2[PH](=O)O)c(=O)[nH]1. The average molecular weight is 841 g/mol. The van der Waals surface area contributed by atoms with Crippen LogP contribution in [0.1, 0.15) is 60.1 Å². The zero-order valence-corrected chi connectivity index (χ0v) is 35.2. The van der Waals surface area contributed by atoms with Gasteiger partial charge in [0.05, 0.1) is 38.6 Å². The van der Waals surface area contributed by atoms with Gasteiger partial charge in [-0.05, 0) is 36.9 Å². The second kappa shape index (κ2) is 18.0. The van der Waals surface area contributed by atoms with E-state index < -0.39 is 90.4 Å². The Morgan fingerprint density at radius 1 is 1.25 bits per heavy atom. The van der Waals surface area contributed by atoms with Crippen molar-refractivity contribution in [2.45, 2.75) is 108 Å². The number of nitrogens with zero attached hydrogens (tertiary/aromatic N) is 6. The third-order valence-electron chi connectivity index (χ3n) is 10.1. The van der Waals surface area contributed by atoms with Crippen LogP contribution in [0.25, 0.3) is 11.2 Å². The number of phosphoric acid groups is 1. The quantitative estimate of drug-likeness (QED) is 0.0852. The molecular weight excluding hydrogens is 790 g/mol. The number of imidazole rings is 1. The van der Waals surface area contributed by atoms with Crippen LogP contribution in [0.3, 0.4) is 0 Å². The summed E-state index contributed by atoms with van der Waals surface area (Å²) in [6, 6.07) is 3.48. The molecule has 4 heterocycles. The summed E-state index contributed by atoms with van der Waals surface area (Å²) in [6.45, 7) is 12.0. The Balaban J connectivity index is 1.52. The normalized spacial score (nSPS) is 25.9. The topological polar surface area (TPSA) is 272 Å². The molecule has 56 heavy (non-hydrogen) atoms. The number of hydrogen-bond acceptors (Lipinski definition) is 16. The van der Waals surface area contributed by atoms with Crippen LogP contribution in [0.4, 0.5) is 5.95 Å². The molecule has 2 fully saturated rings. The second-order valence-corrected chi connectivity index (χ2v) is 23.3. The Bertz CT molecular complexity index is 2010. The van der Waals surface area contributed by atoms with Crippen molar-refractivity contribution in [1.82, 2.24) is 29.5 Å². The van der Waals surface area contributed by atoms with Gasteiger partial charge in [0.1, 0.15) is 30.7 Å². The number of aromatic nitrogens is 6. The van der Waals surface area contributed by atoms with Crippen molar-refractivity contribution in [1.29, 1.82) is 5.26 Å². The molecular formula is C33H50N8O12P2Si. The molecule has 308 valence electrons. The maximum absolute atomic E-state index is 14.8. The highest BCUT2D eigenvalue weighted by Gasteiger charge is 2.54. The monoisotopic (exact) mass is 840 g/mol. The van der Waals surface area contributed by atoms with Crippen LogP contribution in [0.15, 0.2) is 29.7 Å². The number of H-pyrrole nitrogens is 1. The van der Waals surface area contributed by atoms with E-state index in [1.165, 1.54) is 23.4 Å². The van der Waals surface area contributed by atoms with Gasteiger partial charge in [-0.15, -0.1) is 0 Å².